The number of imide groups is 1. The van der Waals surface area contributed by atoms with Crippen molar-refractivity contribution in [2.45, 2.75) is 24.2 Å². The van der Waals surface area contributed by atoms with Crippen molar-refractivity contribution in [1.82, 2.24) is 4.98 Å². The van der Waals surface area contributed by atoms with Gasteiger partial charge in [0.15, 0.2) is 5.13 Å². The number of hydrogen-bond donors (Lipinski definition) is 1. The average molecular weight is 466 g/mol. The third kappa shape index (κ3) is 3.85. The second kappa shape index (κ2) is 7.86. The minimum Gasteiger partial charge on any atom is -0.495 e. The number of nitrogens with one attached hydrogen (secondary N) is 1. The fraction of sp³-hybridized carbons (Fsp3) is 0.211. The fourth-order valence-electron chi connectivity index (χ4n) is 3.17. The van der Waals surface area contributed by atoms with Crippen LogP contribution in [-0.4, -0.2) is 32.3 Å². The summed E-state index contributed by atoms with van der Waals surface area (Å²) >= 11 is 7.11. The van der Waals surface area contributed by atoms with E-state index in [9.17, 15) is 18.0 Å². The number of halogens is 1. The molecule has 156 valence electrons. The summed E-state index contributed by atoms with van der Waals surface area (Å²) in [6.07, 6.45) is 0.942. The normalized spacial score (nSPS) is 14.9. The van der Waals surface area contributed by atoms with Gasteiger partial charge in [0.1, 0.15) is 10.6 Å². The van der Waals surface area contributed by atoms with Gasteiger partial charge in [-0.15, -0.1) is 0 Å². The smallest absolute Gasteiger partial charge is 0.267 e. The lowest BCUT2D eigenvalue weighted by Gasteiger charge is -2.25. The lowest BCUT2D eigenvalue weighted by molar-refractivity contribution is -0.129. The molecule has 0 saturated carbocycles. The van der Waals surface area contributed by atoms with E-state index in [0.29, 0.717) is 17.0 Å². The van der Waals surface area contributed by atoms with E-state index in [-0.39, 0.29) is 46.1 Å². The summed E-state index contributed by atoms with van der Waals surface area (Å²) in [7, 11) is -2.78. The zero-order valence-electron chi connectivity index (χ0n) is 15.7. The molecule has 2 amide bonds. The number of methoxy groups -OCH3 is 1. The third-order valence-corrected chi connectivity index (χ3v) is 7.21. The van der Waals surface area contributed by atoms with Gasteiger partial charge in [-0.25, -0.2) is 13.4 Å². The number of carbonyl (C=O) groups is 2. The van der Waals surface area contributed by atoms with Crippen molar-refractivity contribution in [2.24, 2.45) is 0 Å². The molecule has 0 atom stereocenters. The van der Waals surface area contributed by atoms with Gasteiger partial charge in [0, 0.05) is 17.9 Å². The Kier molecular flexibility index (Phi) is 5.39. The van der Waals surface area contributed by atoms with E-state index in [1.165, 1.54) is 25.3 Å². The Hall–Kier alpha value is -2.69. The van der Waals surface area contributed by atoms with Gasteiger partial charge in [0.05, 0.1) is 23.0 Å². The number of amides is 2. The highest BCUT2D eigenvalue weighted by atomic mass is 35.5. The molecule has 0 spiro atoms. The molecule has 11 heteroatoms. The molecule has 8 nitrogen and oxygen atoms in total. The van der Waals surface area contributed by atoms with Crippen molar-refractivity contribution in [3.63, 3.8) is 0 Å². The van der Waals surface area contributed by atoms with Crippen LogP contribution in [0.3, 0.4) is 0 Å². The second-order valence-corrected chi connectivity index (χ2v) is 9.67. The van der Waals surface area contributed by atoms with E-state index in [4.69, 9.17) is 16.3 Å². The van der Waals surface area contributed by atoms with Crippen LogP contribution >= 0.6 is 22.9 Å². The van der Waals surface area contributed by atoms with E-state index in [0.717, 1.165) is 20.9 Å². The van der Waals surface area contributed by atoms with Crippen molar-refractivity contribution in [2.75, 3.05) is 16.7 Å². The predicted molar refractivity (Wildman–Crippen MR) is 115 cm³/mol. The molecule has 1 aliphatic rings. The lowest BCUT2D eigenvalue weighted by atomic mass is 10.1. The maximum absolute atomic E-state index is 13.1. The molecule has 4 rings (SSSR count). The van der Waals surface area contributed by atoms with Crippen LogP contribution in [0, 0.1) is 0 Å². The molecule has 1 fully saturated rings. The Labute approximate surface area is 181 Å². The van der Waals surface area contributed by atoms with Crippen LogP contribution in [0.5, 0.6) is 5.75 Å². The first kappa shape index (κ1) is 20.6. The zero-order valence-corrected chi connectivity index (χ0v) is 18.1. The molecule has 0 radical (unpaired) electrons. The molecule has 0 unspecified atom stereocenters. The van der Waals surface area contributed by atoms with Crippen molar-refractivity contribution in [3.8, 4) is 5.75 Å². The van der Waals surface area contributed by atoms with E-state index in [2.05, 4.69) is 9.71 Å². The summed E-state index contributed by atoms with van der Waals surface area (Å²) in [5, 5.41) is 0.677. The Balaban J connectivity index is 1.73. The Morgan fingerprint density at radius 2 is 1.87 bits per heavy atom. The minimum atomic E-state index is -4.12. The first-order chi connectivity index (χ1) is 14.3. The van der Waals surface area contributed by atoms with Crippen molar-refractivity contribution in [3.05, 3.63) is 41.4 Å². The molecule has 1 aliphatic heterocycles. The minimum absolute atomic E-state index is 0.0762. The first-order valence-corrected chi connectivity index (χ1v) is 11.6. The molecule has 2 aromatic carbocycles. The van der Waals surface area contributed by atoms with Crippen LogP contribution in [0.25, 0.3) is 10.2 Å². The highest BCUT2D eigenvalue weighted by molar-refractivity contribution is 7.93. The van der Waals surface area contributed by atoms with Crippen LogP contribution < -0.4 is 14.4 Å². The molecule has 1 saturated heterocycles. The summed E-state index contributed by atoms with van der Waals surface area (Å²) in [6, 6.07) is 9.21. The quantitative estimate of drug-likeness (QED) is 0.574. The van der Waals surface area contributed by atoms with E-state index in [1.807, 2.05) is 0 Å². The molecule has 0 bridgehead atoms. The number of rotatable bonds is 5. The van der Waals surface area contributed by atoms with Crippen LogP contribution in [0.1, 0.15) is 19.3 Å². The van der Waals surface area contributed by atoms with E-state index >= 15 is 0 Å². The van der Waals surface area contributed by atoms with Crippen molar-refractivity contribution in [1.29, 1.82) is 0 Å². The number of thiazole rings is 1. The van der Waals surface area contributed by atoms with E-state index in [1.54, 1.807) is 18.2 Å². The van der Waals surface area contributed by atoms with Crippen molar-refractivity contribution >= 4 is 65.8 Å². The SMILES string of the molecule is COc1ccc(N2C(=O)CCCC2=O)cc1S(=O)(=O)Nc1nc2ccc(Cl)cc2s1. The maximum Gasteiger partial charge on any atom is 0.267 e. The number of piperidine rings is 1. The molecular formula is C19H16ClN3O5S2. The number of hydrogen-bond acceptors (Lipinski definition) is 7. The number of carbonyl (C=O) groups excluding carboxylic acids is 2. The number of aromatic nitrogens is 1. The van der Waals surface area contributed by atoms with Gasteiger partial charge >= 0.3 is 0 Å². The Morgan fingerprint density at radius 3 is 2.57 bits per heavy atom. The third-order valence-electron chi connectivity index (χ3n) is 4.55. The van der Waals surface area contributed by atoms with E-state index < -0.39 is 10.0 Å². The van der Waals surface area contributed by atoms with Gasteiger partial charge in [0.25, 0.3) is 10.0 Å². The lowest BCUT2D eigenvalue weighted by Crippen LogP contribution is -2.40. The molecular weight excluding hydrogens is 450 g/mol. The van der Waals surface area contributed by atoms with Crippen LogP contribution in [-0.2, 0) is 19.6 Å². The Morgan fingerprint density at radius 1 is 1.13 bits per heavy atom. The summed E-state index contributed by atoms with van der Waals surface area (Å²) in [6.45, 7) is 0. The largest absolute Gasteiger partial charge is 0.495 e. The van der Waals surface area contributed by atoms with Gasteiger partial charge < -0.3 is 4.74 Å². The summed E-state index contributed by atoms with van der Waals surface area (Å²) in [4.78, 5) is 29.5. The molecule has 1 N–H and O–H groups in total. The Bertz CT molecular complexity index is 1260. The van der Waals surface area contributed by atoms with Crippen molar-refractivity contribution < 1.29 is 22.7 Å². The molecule has 0 aliphatic carbocycles. The first-order valence-electron chi connectivity index (χ1n) is 8.91. The number of sulfonamides is 1. The number of ether oxygens (including phenoxy) is 1. The van der Waals surface area contributed by atoms with Gasteiger partial charge in [-0.3, -0.25) is 19.2 Å². The average Bonchev–Trinajstić information content (AvgIpc) is 3.08. The molecule has 3 aromatic rings. The number of benzene rings is 2. The molecule has 30 heavy (non-hydrogen) atoms. The summed E-state index contributed by atoms with van der Waals surface area (Å²) in [5.74, 6) is -0.654. The topological polar surface area (TPSA) is 106 Å². The highest BCUT2D eigenvalue weighted by Crippen LogP contribution is 2.34. The van der Waals surface area contributed by atoms with Gasteiger partial charge in [-0.05, 0) is 42.8 Å². The van der Waals surface area contributed by atoms with Crippen LogP contribution in [0.2, 0.25) is 5.02 Å². The number of fused-ring (bicyclic) bond motifs is 1. The molecule has 1 aromatic heterocycles. The standard InChI is InChI=1S/C19H16ClN3O5S2/c1-28-14-8-6-12(23-17(24)3-2-4-18(23)25)10-16(14)30(26,27)22-19-21-13-7-5-11(20)9-15(13)29-19/h5-10H,2-4H2,1H3,(H,21,22). The number of anilines is 2. The number of nitrogens with zero attached hydrogens (tertiary/aromatic N) is 2. The fourth-order valence-corrected chi connectivity index (χ4v) is 5.73. The summed E-state index contributed by atoms with van der Waals surface area (Å²) < 4.78 is 34.5. The van der Waals surface area contributed by atoms with Gasteiger partial charge in [-0.1, -0.05) is 22.9 Å². The predicted octanol–water partition coefficient (Wildman–Crippen LogP) is 3.80. The van der Waals surface area contributed by atoms with Crippen LogP contribution in [0.4, 0.5) is 10.8 Å². The monoisotopic (exact) mass is 465 g/mol. The maximum atomic E-state index is 13.1. The van der Waals surface area contributed by atoms with Crippen LogP contribution in [0.15, 0.2) is 41.3 Å². The zero-order chi connectivity index (χ0) is 21.5. The highest BCUT2D eigenvalue weighted by Gasteiger charge is 2.30. The molecule has 2 heterocycles. The van der Waals surface area contributed by atoms with Gasteiger partial charge in [0.2, 0.25) is 11.8 Å². The second-order valence-electron chi connectivity index (χ2n) is 6.55. The summed E-state index contributed by atoms with van der Waals surface area (Å²) in [5.41, 5.74) is 0.786. The van der Waals surface area contributed by atoms with Gasteiger partial charge in [-0.2, -0.15) is 0 Å².